The van der Waals surface area contributed by atoms with Crippen LogP contribution in [-0.2, 0) is 30.9 Å². The van der Waals surface area contributed by atoms with Crippen LogP contribution in [-0.4, -0.2) is 48.2 Å². The SMILES string of the molecule is CCOC(=O)c1cn(-c2ccc3c(c2)n(CC(O)C(F)(F)F)c(=O)n3C)c(=O)n(C2CCc3c2cccc3C(F)(F)F)c1=O. The maximum absolute atomic E-state index is 13.9. The fraction of sp³-hybridized carbons (Fsp3) is 0.357. The van der Waals surface area contributed by atoms with Crippen LogP contribution in [0, 0.1) is 0 Å². The average Bonchev–Trinajstić information content (AvgIpc) is 3.47. The summed E-state index contributed by atoms with van der Waals surface area (Å²) >= 11 is 0. The molecule has 4 aromatic rings. The van der Waals surface area contributed by atoms with Gasteiger partial charge in [0.1, 0.15) is 5.56 Å². The molecule has 2 aromatic heterocycles. The number of rotatable bonds is 6. The highest BCUT2D eigenvalue weighted by molar-refractivity contribution is 5.88. The summed E-state index contributed by atoms with van der Waals surface area (Å²) in [7, 11) is 1.29. The number of imidazole rings is 1. The third kappa shape index (κ3) is 5.12. The van der Waals surface area contributed by atoms with Crippen LogP contribution in [0.5, 0.6) is 0 Å². The summed E-state index contributed by atoms with van der Waals surface area (Å²) in [6.07, 6.45) is -11.9. The fourth-order valence-electron chi connectivity index (χ4n) is 5.55. The predicted octanol–water partition coefficient (Wildman–Crippen LogP) is 3.31. The zero-order valence-electron chi connectivity index (χ0n) is 23.1. The van der Waals surface area contributed by atoms with E-state index in [0.29, 0.717) is 9.13 Å². The Balaban J connectivity index is 1.75. The Morgan fingerprint density at radius 3 is 2.39 bits per heavy atom. The number of carbonyl (C=O) groups is 1. The third-order valence-electron chi connectivity index (χ3n) is 7.61. The molecular weight excluding hydrogens is 602 g/mol. The summed E-state index contributed by atoms with van der Waals surface area (Å²) < 4.78 is 88.7. The van der Waals surface area contributed by atoms with Gasteiger partial charge in [-0.25, -0.2) is 14.4 Å². The summed E-state index contributed by atoms with van der Waals surface area (Å²) in [4.78, 5) is 53.0. The number of nitrogens with zero attached hydrogens (tertiary/aromatic N) is 4. The van der Waals surface area contributed by atoms with Crippen LogP contribution < -0.4 is 16.9 Å². The van der Waals surface area contributed by atoms with E-state index in [2.05, 4.69) is 0 Å². The van der Waals surface area contributed by atoms with Crippen LogP contribution in [0.2, 0.25) is 0 Å². The van der Waals surface area contributed by atoms with Crippen LogP contribution in [0.1, 0.15) is 46.4 Å². The van der Waals surface area contributed by atoms with E-state index >= 15 is 0 Å². The van der Waals surface area contributed by atoms with Gasteiger partial charge in [0.05, 0.1) is 41.5 Å². The molecule has 0 radical (unpaired) electrons. The number of aliphatic hydroxyl groups is 1. The highest BCUT2D eigenvalue weighted by Gasteiger charge is 2.40. The van der Waals surface area contributed by atoms with E-state index in [9.17, 15) is 50.6 Å². The highest BCUT2D eigenvalue weighted by Crippen LogP contribution is 2.41. The van der Waals surface area contributed by atoms with Crippen molar-refractivity contribution < 1.29 is 41.0 Å². The Bertz CT molecular complexity index is 1970. The molecule has 0 saturated heterocycles. The van der Waals surface area contributed by atoms with E-state index in [-0.39, 0.29) is 47.3 Å². The molecule has 5 rings (SSSR count). The van der Waals surface area contributed by atoms with E-state index < -0.39 is 65.1 Å². The Hall–Kier alpha value is -4.60. The number of hydrogen-bond donors (Lipinski definition) is 1. The first-order valence-electron chi connectivity index (χ1n) is 13.2. The number of hydrogen-bond acceptors (Lipinski definition) is 6. The van der Waals surface area contributed by atoms with Gasteiger partial charge in [-0.1, -0.05) is 12.1 Å². The topological polar surface area (TPSA) is 117 Å². The van der Waals surface area contributed by atoms with Crippen molar-refractivity contribution >= 4 is 17.0 Å². The molecule has 2 aromatic carbocycles. The van der Waals surface area contributed by atoms with Crippen molar-refractivity contribution in [2.24, 2.45) is 7.05 Å². The number of aryl methyl sites for hydroxylation is 1. The van der Waals surface area contributed by atoms with Gasteiger partial charge in [0.2, 0.25) is 0 Å². The minimum absolute atomic E-state index is 0.0695. The normalized spacial score (nSPS) is 15.9. The maximum Gasteiger partial charge on any atom is 0.416 e. The van der Waals surface area contributed by atoms with Crippen LogP contribution >= 0.6 is 0 Å². The van der Waals surface area contributed by atoms with Crippen molar-refractivity contribution in [1.82, 2.24) is 18.3 Å². The number of fused-ring (bicyclic) bond motifs is 2. The molecule has 0 spiro atoms. The number of aliphatic hydroxyl groups excluding tert-OH is 1. The second-order valence-corrected chi connectivity index (χ2v) is 10.2. The van der Waals surface area contributed by atoms with E-state index in [1.54, 1.807) is 0 Å². The monoisotopic (exact) mass is 626 g/mol. The summed E-state index contributed by atoms with van der Waals surface area (Å²) in [5, 5.41) is 9.64. The molecule has 1 N–H and O–H groups in total. The summed E-state index contributed by atoms with van der Waals surface area (Å²) in [6, 6.07) is 5.99. The van der Waals surface area contributed by atoms with E-state index in [4.69, 9.17) is 4.74 Å². The lowest BCUT2D eigenvalue weighted by atomic mass is 10.0. The lowest BCUT2D eigenvalue weighted by molar-refractivity contribution is -0.207. The molecule has 0 amide bonds. The first kappa shape index (κ1) is 30.8. The lowest BCUT2D eigenvalue weighted by Gasteiger charge is -2.19. The molecule has 10 nitrogen and oxygen atoms in total. The van der Waals surface area contributed by atoms with Gasteiger partial charge in [-0.05, 0) is 55.2 Å². The van der Waals surface area contributed by atoms with Gasteiger partial charge in [-0.15, -0.1) is 0 Å². The van der Waals surface area contributed by atoms with Gasteiger partial charge < -0.3 is 9.84 Å². The fourth-order valence-corrected chi connectivity index (χ4v) is 5.55. The molecule has 44 heavy (non-hydrogen) atoms. The van der Waals surface area contributed by atoms with Crippen molar-refractivity contribution in [3.05, 3.63) is 96.2 Å². The first-order chi connectivity index (χ1) is 20.6. The number of halogens is 6. The summed E-state index contributed by atoms with van der Waals surface area (Å²) in [5.41, 5.74) is -4.68. The molecule has 2 heterocycles. The smallest absolute Gasteiger partial charge is 0.416 e. The zero-order valence-corrected chi connectivity index (χ0v) is 23.1. The number of ether oxygens (including phenoxy) is 1. The Kier molecular flexibility index (Phi) is 7.60. The highest BCUT2D eigenvalue weighted by atomic mass is 19.4. The average molecular weight is 627 g/mol. The van der Waals surface area contributed by atoms with Crippen LogP contribution in [0.3, 0.4) is 0 Å². The lowest BCUT2D eigenvalue weighted by Crippen LogP contribution is -2.44. The van der Waals surface area contributed by atoms with Crippen molar-refractivity contribution in [3.63, 3.8) is 0 Å². The van der Waals surface area contributed by atoms with Crippen LogP contribution in [0.25, 0.3) is 16.7 Å². The van der Waals surface area contributed by atoms with Crippen molar-refractivity contribution in [2.45, 2.75) is 50.8 Å². The van der Waals surface area contributed by atoms with Crippen LogP contribution in [0.4, 0.5) is 26.3 Å². The van der Waals surface area contributed by atoms with Crippen molar-refractivity contribution in [3.8, 4) is 5.69 Å². The van der Waals surface area contributed by atoms with E-state index in [0.717, 1.165) is 33.5 Å². The maximum atomic E-state index is 13.9. The second-order valence-electron chi connectivity index (χ2n) is 10.2. The molecule has 2 atom stereocenters. The van der Waals surface area contributed by atoms with Gasteiger partial charge in [-0.2, -0.15) is 26.3 Å². The van der Waals surface area contributed by atoms with Crippen molar-refractivity contribution in [2.75, 3.05) is 6.61 Å². The summed E-state index contributed by atoms with van der Waals surface area (Å²) in [5.74, 6) is -1.12. The minimum atomic E-state index is -5.04. The Morgan fingerprint density at radius 1 is 1.05 bits per heavy atom. The molecule has 2 unspecified atom stereocenters. The third-order valence-corrected chi connectivity index (χ3v) is 7.61. The number of benzene rings is 2. The number of esters is 1. The van der Waals surface area contributed by atoms with Crippen molar-refractivity contribution in [1.29, 1.82) is 0 Å². The van der Waals surface area contributed by atoms with Crippen LogP contribution in [0.15, 0.2) is 57.0 Å². The van der Waals surface area contributed by atoms with Gasteiger partial charge in [0.15, 0.2) is 6.10 Å². The van der Waals surface area contributed by atoms with Gasteiger partial charge in [0.25, 0.3) is 5.56 Å². The molecule has 234 valence electrons. The number of aromatic nitrogens is 4. The summed E-state index contributed by atoms with van der Waals surface area (Å²) in [6.45, 7) is 0.157. The molecule has 0 aliphatic heterocycles. The Morgan fingerprint density at radius 2 is 1.75 bits per heavy atom. The zero-order chi connectivity index (χ0) is 32.3. The molecule has 0 saturated carbocycles. The largest absolute Gasteiger partial charge is 0.462 e. The minimum Gasteiger partial charge on any atom is -0.462 e. The van der Waals surface area contributed by atoms with E-state index in [1.807, 2.05) is 0 Å². The molecule has 1 aliphatic rings. The van der Waals surface area contributed by atoms with E-state index in [1.165, 1.54) is 32.2 Å². The standard InChI is InChI=1S/C28H24F6N4O6/c1-3-44-24(41)17-12-36(14-7-9-20-21(11-14)37(25(42)35(20)2)13-22(39)28(32,33)34)26(43)38(23(17)40)19-10-8-15-16(19)5-4-6-18(15)27(29,30)31/h4-7,9,11-12,19,22,39H,3,8,10,13H2,1-2H3. The molecule has 1 aliphatic carbocycles. The number of carbonyl (C=O) groups excluding carboxylic acids is 1. The molecule has 0 bridgehead atoms. The second kappa shape index (κ2) is 10.8. The number of alkyl halides is 6. The van der Waals surface area contributed by atoms with Gasteiger partial charge >= 0.3 is 29.7 Å². The molecule has 0 fully saturated rings. The Labute approximate surface area is 242 Å². The van der Waals surface area contributed by atoms with Gasteiger partial charge in [-0.3, -0.25) is 23.1 Å². The predicted molar refractivity (Wildman–Crippen MR) is 143 cm³/mol. The molecule has 16 heteroatoms. The first-order valence-corrected chi connectivity index (χ1v) is 13.2. The quantitative estimate of drug-likeness (QED) is 0.259. The molecular formula is C28H24F6N4O6. The van der Waals surface area contributed by atoms with Gasteiger partial charge in [0, 0.05) is 13.2 Å².